The zero-order valence-electron chi connectivity index (χ0n) is 28.0. The summed E-state index contributed by atoms with van der Waals surface area (Å²) in [6.45, 7) is 12.0. The molecule has 48 heavy (non-hydrogen) atoms. The molecule has 14 heteroatoms. The van der Waals surface area contributed by atoms with Crippen LogP contribution in [-0.4, -0.2) is 78.3 Å². The molecule has 2 saturated heterocycles. The van der Waals surface area contributed by atoms with Crippen molar-refractivity contribution in [2.24, 2.45) is 0 Å². The lowest BCUT2D eigenvalue weighted by molar-refractivity contribution is 0.230. The number of amides is 4. The molecule has 2 aliphatic heterocycles. The van der Waals surface area contributed by atoms with Crippen molar-refractivity contribution >= 4 is 70.4 Å². The quantitative estimate of drug-likeness (QED) is 0.216. The van der Waals surface area contributed by atoms with Gasteiger partial charge in [-0.25, -0.2) is 35.0 Å². The fraction of sp³-hybridized carbons (Fsp3) is 0.294. The smallest absolute Gasteiger partial charge is 0.296 e. The van der Waals surface area contributed by atoms with Gasteiger partial charge < -0.3 is 0 Å². The minimum absolute atomic E-state index is 0.0637. The van der Waals surface area contributed by atoms with Gasteiger partial charge >= 0.3 is 12.1 Å². The third-order valence-electron chi connectivity index (χ3n) is 8.88. The summed E-state index contributed by atoms with van der Waals surface area (Å²) in [5, 5.41) is 1.32. The Bertz CT molecular complexity index is 2000. The summed E-state index contributed by atoms with van der Waals surface area (Å²) >= 11 is 0. The Balaban J connectivity index is 1.42. The van der Waals surface area contributed by atoms with E-state index < -0.39 is 48.3 Å². The summed E-state index contributed by atoms with van der Waals surface area (Å²) in [4.78, 5) is 31.5. The van der Waals surface area contributed by atoms with E-state index in [0.29, 0.717) is 34.5 Å². The summed E-state index contributed by atoms with van der Waals surface area (Å²) in [6, 6.07) is 22.6. The number of carbonyl (C=O) groups excluding carboxylic acids is 2. The predicted molar refractivity (Wildman–Crippen MR) is 195 cm³/mol. The number of anilines is 2. The van der Waals surface area contributed by atoms with Gasteiger partial charge in [-0.3, -0.25) is 9.80 Å². The first-order chi connectivity index (χ1) is 22.4. The molecule has 4 aromatic rings. The molecule has 0 unspecified atom stereocenters. The second-order valence-corrected chi connectivity index (χ2v) is 28.0. The average Bonchev–Trinajstić information content (AvgIpc) is 3.02. The van der Waals surface area contributed by atoms with Crippen LogP contribution in [0.4, 0.5) is 21.0 Å². The molecule has 0 saturated carbocycles. The molecule has 6 rings (SSSR count). The minimum atomic E-state index is -4.12. The second kappa shape index (κ2) is 11.9. The highest BCUT2D eigenvalue weighted by Crippen LogP contribution is 2.38. The van der Waals surface area contributed by atoms with Crippen LogP contribution in [-0.2, 0) is 20.0 Å². The fourth-order valence-electron chi connectivity index (χ4n) is 6.45. The van der Waals surface area contributed by atoms with Gasteiger partial charge in [-0.15, -0.1) is 0 Å². The summed E-state index contributed by atoms with van der Waals surface area (Å²) in [5.74, 6) is 0. The van der Waals surface area contributed by atoms with Gasteiger partial charge in [0.25, 0.3) is 20.0 Å². The van der Waals surface area contributed by atoms with Crippen molar-refractivity contribution in [3.05, 3.63) is 96.1 Å². The molecule has 4 aromatic carbocycles. The van der Waals surface area contributed by atoms with Crippen LogP contribution in [0.2, 0.25) is 26.2 Å². The Morgan fingerprint density at radius 2 is 0.833 bits per heavy atom. The van der Waals surface area contributed by atoms with Crippen molar-refractivity contribution in [1.29, 1.82) is 0 Å². The van der Waals surface area contributed by atoms with Crippen molar-refractivity contribution in [3.63, 3.8) is 0 Å². The van der Waals surface area contributed by atoms with Gasteiger partial charge in [-0.1, -0.05) is 85.8 Å². The highest BCUT2D eigenvalue weighted by atomic mass is 32.2. The van der Waals surface area contributed by atoms with Crippen LogP contribution < -0.4 is 9.80 Å². The van der Waals surface area contributed by atoms with E-state index in [-0.39, 0.29) is 22.1 Å². The summed E-state index contributed by atoms with van der Waals surface area (Å²) in [7, 11) is -12.8. The van der Waals surface area contributed by atoms with Crippen LogP contribution in [0.25, 0.3) is 10.8 Å². The van der Waals surface area contributed by atoms with Gasteiger partial charge in [0.15, 0.2) is 0 Å². The molecule has 0 aliphatic carbocycles. The summed E-state index contributed by atoms with van der Waals surface area (Å²) < 4.78 is 57.3. The van der Waals surface area contributed by atoms with Crippen molar-refractivity contribution < 1.29 is 26.4 Å². The Kier molecular flexibility index (Phi) is 8.38. The number of rotatable bonds is 6. The van der Waals surface area contributed by atoms with Gasteiger partial charge in [0.1, 0.15) is 0 Å². The zero-order valence-corrected chi connectivity index (χ0v) is 31.6. The van der Waals surface area contributed by atoms with E-state index in [1.807, 2.05) is 26.0 Å². The summed E-state index contributed by atoms with van der Waals surface area (Å²) in [6.07, 6.45) is 1.12. The van der Waals surface area contributed by atoms with Crippen LogP contribution >= 0.6 is 0 Å². The largest absolute Gasteiger partial charge is 0.337 e. The van der Waals surface area contributed by atoms with Crippen LogP contribution in [0, 0.1) is 13.8 Å². The maximum absolute atomic E-state index is 14.1. The van der Waals surface area contributed by atoms with Crippen LogP contribution in [0.1, 0.15) is 11.1 Å². The number of hydrogen-bond donors (Lipinski definition) is 0. The second-order valence-electron chi connectivity index (χ2n) is 14.4. The van der Waals surface area contributed by atoms with E-state index in [1.54, 1.807) is 58.3 Å². The molecule has 0 atom stereocenters. The standard InChI is InChI=1S/C34H40N4O6S2Si2/c1-25-13-17-27(18-14-25)45(41,42)37-23-47(3,4)21-35(33(37)39)31-11-7-10-30-29(31)9-8-12-32(30)36-22-48(5,6)24-38(34(36)40)46(43,44)28-19-15-26(2)16-20-28/h7-20H,21-24H2,1-6H3. The molecule has 4 amide bonds. The SMILES string of the molecule is Cc1ccc(S(=O)(=O)N2C[Si](C)(C)CN(c3cccc4c(N5C[Si](C)(C)CN(S(=O)(=O)c6ccc(C)cc6)C5=O)cccc34)C2=O)cc1. The highest BCUT2D eigenvalue weighted by molar-refractivity contribution is 7.90. The van der Waals surface area contributed by atoms with Gasteiger partial charge in [-0.05, 0) is 50.2 Å². The lowest BCUT2D eigenvalue weighted by Crippen LogP contribution is -2.64. The molecule has 0 bridgehead atoms. The Morgan fingerprint density at radius 3 is 1.17 bits per heavy atom. The monoisotopic (exact) mass is 720 g/mol. The molecule has 2 fully saturated rings. The van der Waals surface area contributed by atoms with Crippen molar-refractivity contribution in [3.8, 4) is 0 Å². The van der Waals surface area contributed by atoms with Gasteiger partial charge in [0.2, 0.25) is 0 Å². The first-order valence-electron chi connectivity index (χ1n) is 15.7. The topological polar surface area (TPSA) is 115 Å². The lowest BCUT2D eigenvalue weighted by Gasteiger charge is -2.43. The third-order valence-corrected chi connectivity index (χ3v) is 17.5. The Labute approximate surface area is 284 Å². The van der Waals surface area contributed by atoms with Crippen LogP contribution in [0.15, 0.2) is 94.7 Å². The van der Waals surface area contributed by atoms with Crippen LogP contribution in [0.3, 0.4) is 0 Å². The number of carbonyl (C=O) groups is 2. The number of sulfonamides is 2. The molecule has 10 nitrogen and oxygen atoms in total. The van der Waals surface area contributed by atoms with E-state index >= 15 is 0 Å². The Morgan fingerprint density at radius 1 is 0.500 bits per heavy atom. The number of benzene rings is 4. The third kappa shape index (κ3) is 6.06. The van der Waals surface area contributed by atoms with E-state index in [0.717, 1.165) is 19.7 Å². The maximum atomic E-state index is 14.1. The number of hydrogen-bond acceptors (Lipinski definition) is 6. The first-order valence-corrected chi connectivity index (χ1v) is 25.5. The normalized spacial score (nSPS) is 18.5. The molecular formula is C34H40N4O6S2Si2. The number of aryl methyl sites for hydroxylation is 2. The first kappa shape index (κ1) is 33.9. The van der Waals surface area contributed by atoms with Gasteiger partial charge in [0.05, 0.1) is 37.3 Å². The average molecular weight is 721 g/mol. The highest BCUT2D eigenvalue weighted by Gasteiger charge is 2.46. The fourth-order valence-corrected chi connectivity index (χ4v) is 16.3. The maximum Gasteiger partial charge on any atom is 0.337 e. The molecule has 0 spiro atoms. The molecule has 2 heterocycles. The van der Waals surface area contributed by atoms with Crippen LogP contribution in [0.5, 0.6) is 0 Å². The molecule has 252 valence electrons. The number of nitrogens with zero attached hydrogens (tertiary/aromatic N) is 4. The lowest BCUT2D eigenvalue weighted by atomic mass is 10.1. The molecule has 0 N–H and O–H groups in total. The molecule has 2 aliphatic rings. The zero-order chi connectivity index (χ0) is 34.8. The van der Waals surface area contributed by atoms with Gasteiger partial charge in [-0.2, -0.15) is 0 Å². The van der Waals surface area contributed by atoms with E-state index in [4.69, 9.17) is 0 Å². The number of fused-ring (bicyclic) bond motifs is 1. The van der Waals surface area contributed by atoms with Crippen molar-refractivity contribution in [2.75, 3.05) is 34.5 Å². The Hall–Kier alpha value is -3.99. The van der Waals surface area contributed by atoms with E-state index in [9.17, 15) is 26.4 Å². The van der Waals surface area contributed by atoms with Crippen molar-refractivity contribution in [1.82, 2.24) is 8.61 Å². The van der Waals surface area contributed by atoms with E-state index in [1.165, 1.54) is 24.3 Å². The summed E-state index contributed by atoms with van der Waals surface area (Å²) in [5.41, 5.74) is 2.90. The van der Waals surface area contributed by atoms with Gasteiger partial charge in [0, 0.05) is 35.4 Å². The van der Waals surface area contributed by atoms with E-state index in [2.05, 4.69) is 26.2 Å². The predicted octanol–water partition coefficient (Wildman–Crippen LogP) is 6.29. The molecular weight excluding hydrogens is 681 g/mol. The number of urea groups is 2. The van der Waals surface area contributed by atoms with Crippen molar-refractivity contribution in [2.45, 2.75) is 49.8 Å². The molecule has 0 aromatic heterocycles. The minimum Gasteiger partial charge on any atom is -0.296 e. The molecule has 0 radical (unpaired) electrons.